The first-order valence-electron chi connectivity index (χ1n) is 7.49. The maximum atomic E-state index is 12.8. The highest BCUT2D eigenvalue weighted by Crippen LogP contribution is 2.26. The summed E-state index contributed by atoms with van der Waals surface area (Å²) in [4.78, 5) is 11.9. The van der Waals surface area contributed by atoms with Crippen molar-refractivity contribution < 1.29 is 13.9 Å². The molecule has 0 bridgehead atoms. The molecule has 2 aromatic carbocycles. The molecule has 25 heavy (non-hydrogen) atoms. The summed E-state index contributed by atoms with van der Waals surface area (Å²) in [5, 5.41) is 14.1. The number of carbonyl (C=O) groups excluding carboxylic acids is 1. The predicted molar refractivity (Wildman–Crippen MR) is 94.4 cm³/mol. The molecule has 2 amide bonds. The van der Waals surface area contributed by atoms with Crippen LogP contribution in [0.4, 0.5) is 20.0 Å². The molecule has 1 aromatic heterocycles. The second-order valence-corrected chi connectivity index (χ2v) is 6.11. The second-order valence-electron chi connectivity index (χ2n) is 5.10. The van der Waals surface area contributed by atoms with E-state index in [0.29, 0.717) is 15.8 Å². The first-order valence-corrected chi connectivity index (χ1v) is 8.30. The number of para-hydroxylation sites is 1. The van der Waals surface area contributed by atoms with Gasteiger partial charge in [0.2, 0.25) is 5.13 Å². The van der Waals surface area contributed by atoms with Crippen molar-refractivity contribution in [3.63, 3.8) is 0 Å². The van der Waals surface area contributed by atoms with Crippen molar-refractivity contribution in [1.82, 2.24) is 10.2 Å². The molecule has 8 heteroatoms. The van der Waals surface area contributed by atoms with Gasteiger partial charge in [-0.15, -0.1) is 10.2 Å². The Morgan fingerprint density at radius 3 is 2.52 bits per heavy atom. The van der Waals surface area contributed by atoms with Gasteiger partial charge in [-0.3, -0.25) is 5.32 Å². The van der Waals surface area contributed by atoms with Crippen LogP contribution in [0.5, 0.6) is 5.75 Å². The zero-order chi connectivity index (χ0) is 17.6. The molecule has 1 atom stereocenters. The SMILES string of the molecule is C[C@@H](Oc1ccccc1)c1nnc(NC(=O)Nc2ccc(F)cc2)s1. The Morgan fingerprint density at radius 2 is 1.80 bits per heavy atom. The summed E-state index contributed by atoms with van der Waals surface area (Å²) in [6, 6.07) is 14.4. The van der Waals surface area contributed by atoms with Gasteiger partial charge in [0, 0.05) is 5.69 Å². The number of rotatable bonds is 5. The van der Waals surface area contributed by atoms with Gasteiger partial charge in [-0.2, -0.15) is 0 Å². The quantitative estimate of drug-likeness (QED) is 0.706. The third kappa shape index (κ3) is 4.74. The highest BCUT2D eigenvalue weighted by Gasteiger charge is 2.15. The van der Waals surface area contributed by atoms with Gasteiger partial charge >= 0.3 is 6.03 Å². The monoisotopic (exact) mass is 358 g/mol. The van der Waals surface area contributed by atoms with Gasteiger partial charge in [-0.1, -0.05) is 29.5 Å². The van der Waals surface area contributed by atoms with E-state index >= 15 is 0 Å². The van der Waals surface area contributed by atoms with E-state index in [4.69, 9.17) is 4.74 Å². The van der Waals surface area contributed by atoms with Crippen LogP contribution in [0.3, 0.4) is 0 Å². The minimum atomic E-state index is -0.481. The smallest absolute Gasteiger partial charge is 0.325 e. The fourth-order valence-electron chi connectivity index (χ4n) is 2.00. The number of benzene rings is 2. The third-order valence-electron chi connectivity index (χ3n) is 3.17. The summed E-state index contributed by atoms with van der Waals surface area (Å²) < 4.78 is 18.6. The van der Waals surface area contributed by atoms with E-state index in [1.165, 1.54) is 35.6 Å². The van der Waals surface area contributed by atoms with Gasteiger partial charge in [0.05, 0.1) is 0 Å². The summed E-state index contributed by atoms with van der Waals surface area (Å²) in [7, 11) is 0. The van der Waals surface area contributed by atoms with Crippen LogP contribution in [-0.4, -0.2) is 16.2 Å². The molecule has 2 N–H and O–H groups in total. The molecule has 0 aliphatic rings. The van der Waals surface area contributed by atoms with Crippen LogP contribution in [0.2, 0.25) is 0 Å². The van der Waals surface area contributed by atoms with Crippen LogP contribution in [0.25, 0.3) is 0 Å². The van der Waals surface area contributed by atoms with E-state index in [1.807, 2.05) is 37.3 Å². The van der Waals surface area contributed by atoms with Gasteiger partial charge < -0.3 is 10.1 Å². The number of halogens is 1. The minimum absolute atomic E-state index is 0.296. The molecule has 0 saturated heterocycles. The summed E-state index contributed by atoms with van der Waals surface area (Å²) in [6.07, 6.45) is -0.296. The van der Waals surface area contributed by atoms with Crippen LogP contribution < -0.4 is 15.4 Å². The normalized spacial score (nSPS) is 11.6. The Labute approximate surface area is 147 Å². The van der Waals surface area contributed by atoms with Crippen LogP contribution in [0.1, 0.15) is 18.0 Å². The van der Waals surface area contributed by atoms with Gasteiger partial charge in [-0.05, 0) is 43.3 Å². The highest BCUT2D eigenvalue weighted by molar-refractivity contribution is 7.15. The number of hydrogen-bond acceptors (Lipinski definition) is 5. The topological polar surface area (TPSA) is 76.1 Å². The van der Waals surface area contributed by atoms with Gasteiger partial charge in [0.25, 0.3) is 0 Å². The van der Waals surface area contributed by atoms with Crippen LogP contribution in [0, 0.1) is 5.82 Å². The molecule has 0 spiro atoms. The number of nitrogens with zero attached hydrogens (tertiary/aromatic N) is 2. The van der Waals surface area contributed by atoms with Crippen molar-refractivity contribution in [1.29, 1.82) is 0 Å². The fourth-order valence-corrected chi connectivity index (χ4v) is 2.71. The lowest BCUT2D eigenvalue weighted by atomic mass is 10.3. The Hall–Kier alpha value is -3.00. The first-order chi connectivity index (χ1) is 12.1. The molecule has 3 aromatic rings. The van der Waals surface area contributed by atoms with E-state index in [1.54, 1.807) is 0 Å². The average molecular weight is 358 g/mol. The van der Waals surface area contributed by atoms with Crippen molar-refractivity contribution in [3.8, 4) is 5.75 Å². The molecule has 0 fully saturated rings. The lowest BCUT2D eigenvalue weighted by Crippen LogP contribution is -2.19. The molecule has 1 heterocycles. The Bertz CT molecular complexity index is 839. The molecule has 128 valence electrons. The number of hydrogen-bond donors (Lipinski definition) is 2. The third-order valence-corrected chi connectivity index (χ3v) is 4.17. The van der Waals surface area contributed by atoms with Crippen LogP contribution in [0.15, 0.2) is 54.6 Å². The Balaban J connectivity index is 1.57. The van der Waals surface area contributed by atoms with Gasteiger partial charge in [0.15, 0.2) is 5.01 Å². The lowest BCUT2D eigenvalue weighted by Gasteiger charge is -2.11. The molecule has 0 saturated carbocycles. The van der Waals surface area contributed by atoms with Crippen LogP contribution >= 0.6 is 11.3 Å². The maximum Gasteiger partial charge on any atom is 0.325 e. The minimum Gasteiger partial charge on any atom is -0.483 e. The lowest BCUT2D eigenvalue weighted by molar-refractivity contribution is 0.225. The Morgan fingerprint density at radius 1 is 1.08 bits per heavy atom. The zero-order valence-corrected chi connectivity index (χ0v) is 14.1. The van der Waals surface area contributed by atoms with Gasteiger partial charge in [0.1, 0.15) is 17.7 Å². The number of anilines is 2. The van der Waals surface area contributed by atoms with E-state index < -0.39 is 6.03 Å². The number of amides is 2. The number of urea groups is 1. The molecule has 0 unspecified atom stereocenters. The molecular formula is C17H15FN4O2S. The predicted octanol–water partition coefficient (Wildman–Crippen LogP) is 4.46. The van der Waals surface area contributed by atoms with E-state index in [-0.39, 0.29) is 11.9 Å². The summed E-state index contributed by atoms with van der Waals surface area (Å²) in [6.45, 7) is 1.86. The molecule has 3 rings (SSSR count). The number of nitrogens with one attached hydrogen (secondary N) is 2. The Kier molecular flexibility index (Phi) is 5.20. The maximum absolute atomic E-state index is 12.8. The van der Waals surface area contributed by atoms with E-state index in [0.717, 1.165) is 5.75 Å². The largest absolute Gasteiger partial charge is 0.483 e. The van der Waals surface area contributed by atoms with Crippen molar-refractivity contribution in [3.05, 3.63) is 65.4 Å². The molecular weight excluding hydrogens is 343 g/mol. The highest BCUT2D eigenvalue weighted by atomic mass is 32.1. The number of aromatic nitrogens is 2. The molecule has 6 nitrogen and oxygen atoms in total. The van der Waals surface area contributed by atoms with E-state index in [2.05, 4.69) is 20.8 Å². The second kappa shape index (κ2) is 7.71. The van der Waals surface area contributed by atoms with Crippen molar-refractivity contribution >= 4 is 28.2 Å². The molecule has 0 aliphatic carbocycles. The summed E-state index contributed by atoms with van der Waals surface area (Å²) in [5.41, 5.74) is 0.476. The zero-order valence-electron chi connectivity index (χ0n) is 13.3. The molecule has 0 radical (unpaired) electrons. The van der Waals surface area contributed by atoms with E-state index in [9.17, 15) is 9.18 Å². The number of ether oxygens (including phenoxy) is 1. The van der Waals surface area contributed by atoms with Crippen molar-refractivity contribution in [2.45, 2.75) is 13.0 Å². The first kappa shape index (κ1) is 16.8. The average Bonchev–Trinajstić information content (AvgIpc) is 3.06. The fraction of sp³-hybridized carbons (Fsp3) is 0.118. The van der Waals surface area contributed by atoms with Crippen molar-refractivity contribution in [2.75, 3.05) is 10.6 Å². The summed E-state index contributed by atoms with van der Waals surface area (Å²) in [5.74, 6) is 0.362. The summed E-state index contributed by atoms with van der Waals surface area (Å²) >= 11 is 1.22. The number of carbonyl (C=O) groups is 1. The molecule has 0 aliphatic heterocycles. The van der Waals surface area contributed by atoms with Gasteiger partial charge in [-0.25, -0.2) is 9.18 Å². The van der Waals surface area contributed by atoms with Crippen molar-refractivity contribution in [2.24, 2.45) is 0 Å². The standard InChI is InChI=1S/C17H15FN4O2S/c1-11(24-14-5-3-2-4-6-14)15-21-22-17(25-15)20-16(23)19-13-9-7-12(18)8-10-13/h2-11H,1H3,(H2,19,20,22,23)/t11-/m1/s1. The van der Waals surface area contributed by atoms with Crippen LogP contribution in [-0.2, 0) is 0 Å².